The molecule has 146 valence electrons. The van der Waals surface area contributed by atoms with Crippen LogP contribution in [0, 0.1) is 17.3 Å². The summed E-state index contributed by atoms with van der Waals surface area (Å²) in [4.78, 5) is 0. The molecule has 0 saturated heterocycles. The van der Waals surface area contributed by atoms with Gasteiger partial charge in [-0.05, 0) is 92.9 Å². The van der Waals surface area contributed by atoms with Gasteiger partial charge in [-0.15, -0.1) is 0 Å². The molecule has 3 heteroatoms. The normalized spacial score (nSPS) is 32.0. The lowest BCUT2D eigenvalue weighted by atomic mass is 9.55. The summed E-state index contributed by atoms with van der Waals surface area (Å²) >= 11 is 0. The molecule has 0 spiro atoms. The van der Waals surface area contributed by atoms with E-state index in [1.807, 2.05) is 0 Å². The average molecular weight is 383 g/mol. The van der Waals surface area contributed by atoms with E-state index in [4.69, 9.17) is 9.16 Å². The predicted octanol–water partition coefficient (Wildman–Crippen LogP) is 6.45. The van der Waals surface area contributed by atoms with Gasteiger partial charge in [0.25, 0.3) is 0 Å². The molecule has 1 fully saturated rings. The summed E-state index contributed by atoms with van der Waals surface area (Å²) < 4.78 is 12.0. The molecule has 2 nitrogen and oxygen atoms in total. The van der Waals surface area contributed by atoms with Gasteiger partial charge in [0.15, 0.2) is 0 Å². The minimum Gasteiger partial charge on any atom is -0.547 e. The fourth-order valence-corrected chi connectivity index (χ4v) is 6.68. The fraction of sp³-hybridized carbons (Fsp3) is 0.583. The summed E-state index contributed by atoms with van der Waals surface area (Å²) in [6.07, 6.45) is 9.56. The number of hydrogen-bond acceptors (Lipinski definition) is 2. The number of ether oxygens (including phenoxy) is 1. The Morgan fingerprint density at radius 1 is 1.19 bits per heavy atom. The number of rotatable bonds is 4. The van der Waals surface area contributed by atoms with Gasteiger partial charge in [0.1, 0.15) is 5.75 Å². The van der Waals surface area contributed by atoms with Crippen molar-refractivity contribution >= 4 is 8.32 Å². The Morgan fingerprint density at radius 2 is 1.96 bits per heavy atom. The molecule has 3 aliphatic carbocycles. The minimum absolute atomic E-state index is 0.110. The second kappa shape index (κ2) is 6.54. The van der Waals surface area contributed by atoms with Crippen LogP contribution in [0.25, 0.3) is 0 Å². The van der Waals surface area contributed by atoms with Crippen molar-refractivity contribution in [2.75, 3.05) is 7.11 Å². The lowest BCUT2D eigenvalue weighted by Gasteiger charge is -2.50. The van der Waals surface area contributed by atoms with E-state index in [9.17, 15) is 0 Å². The Labute approximate surface area is 165 Å². The highest BCUT2D eigenvalue weighted by molar-refractivity contribution is 6.70. The molecule has 1 saturated carbocycles. The van der Waals surface area contributed by atoms with E-state index >= 15 is 0 Å². The molecule has 1 aromatic carbocycles. The van der Waals surface area contributed by atoms with E-state index in [1.54, 1.807) is 18.2 Å². The Hall–Kier alpha value is -1.48. The first-order chi connectivity index (χ1) is 12.8. The Bertz CT molecular complexity index is 801. The molecule has 4 rings (SSSR count). The summed E-state index contributed by atoms with van der Waals surface area (Å²) in [5.41, 5.74) is 4.82. The van der Waals surface area contributed by atoms with Crippen LogP contribution in [0.3, 0.4) is 0 Å². The van der Waals surface area contributed by atoms with Crippen LogP contribution in [0.4, 0.5) is 0 Å². The first-order valence-electron chi connectivity index (χ1n) is 10.6. The smallest absolute Gasteiger partial charge is 0.241 e. The second-order valence-electron chi connectivity index (χ2n) is 9.81. The SMILES string of the molecule is CC[C@@H]1Cc2cc(OC)ccc2[C@H]2CC[C@]3(C)C(O[Si](C)(C)C)=CC=C3[C@H]12. The van der Waals surface area contributed by atoms with Crippen molar-refractivity contribution in [3.05, 3.63) is 52.8 Å². The largest absolute Gasteiger partial charge is 0.547 e. The van der Waals surface area contributed by atoms with Crippen LogP contribution in [0.2, 0.25) is 19.6 Å². The third-order valence-electron chi connectivity index (χ3n) is 7.02. The molecular formula is C24H34O2Si. The third kappa shape index (κ3) is 3.08. The van der Waals surface area contributed by atoms with E-state index in [1.165, 1.54) is 37.0 Å². The summed E-state index contributed by atoms with van der Waals surface area (Å²) in [7, 11) is 0.171. The molecule has 0 aliphatic heterocycles. The average Bonchev–Trinajstić information content (AvgIpc) is 2.95. The summed E-state index contributed by atoms with van der Waals surface area (Å²) in [5.74, 6) is 4.23. The van der Waals surface area contributed by atoms with Gasteiger partial charge in [-0.1, -0.05) is 31.1 Å². The standard InChI is InChI=1S/C24H34O2Si/c1-7-16-14-17-15-18(25-3)8-9-19(17)20-12-13-24(2)21(23(16)20)10-11-22(24)26-27(4,5)6/h8-11,15-16,20,23H,7,12-14H2,1-6H3/t16-,20-,23-,24+/m1/s1. The zero-order valence-corrected chi connectivity index (χ0v) is 18.8. The molecule has 4 atom stereocenters. The second-order valence-corrected chi connectivity index (χ2v) is 14.2. The van der Waals surface area contributed by atoms with Crippen molar-refractivity contribution in [2.45, 2.75) is 65.1 Å². The van der Waals surface area contributed by atoms with Gasteiger partial charge in [-0.3, -0.25) is 0 Å². The van der Waals surface area contributed by atoms with Gasteiger partial charge in [0, 0.05) is 5.41 Å². The molecule has 27 heavy (non-hydrogen) atoms. The van der Waals surface area contributed by atoms with E-state index in [2.05, 4.69) is 63.8 Å². The zero-order valence-electron chi connectivity index (χ0n) is 17.8. The van der Waals surface area contributed by atoms with Crippen LogP contribution >= 0.6 is 0 Å². The number of fused-ring (bicyclic) bond motifs is 5. The van der Waals surface area contributed by atoms with Crippen LogP contribution in [0.1, 0.15) is 50.2 Å². The predicted molar refractivity (Wildman–Crippen MR) is 115 cm³/mol. The van der Waals surface area contributed by atoms with Crippen molar-refractivity contribution in [3.63, 3.8) is 0 Å². The Kier molecular flexibility index (Phi) is 4.57. The lowest BCUT2D eigenvalue weighted by molar-refractivity contribution is 0.159. The number of benzene rings is 1. The van der Waals surface area contributed by atoms with Gasteiger partial charge in [-0.2, -0.15) is 0 Å². The van der Waals surface area contributed by atoms with Gasteiger partial charge in [0.05, 0.1) is 12.9 Å². The van der Waals surface area contributed by atoms with E-state index < -0.39 is 8.32 Å². The molecule has 3 aliphatic rings. The van der Waals surface area contributed by atoms with Crippen molar-refractivity contribution in [2.24, 2.45) is 17.3 Å². The van der Waals surface area contributed by atoms with Crippen molar-refractivity contribution in [1.29, 1.82) is 0 Å². The highest BCUT2D eigenvalue weighted by Gasteiger charge is 2.51. The maximum Gasteiger partial charge on any atom is 0.241 e. The van der Waals surface area contributed by atoms with Gasteiger partial charge in [-0.25, -0.2) is 0 Å². The summed E-state index contributed by atoms with van der Waals surface area (Å²) in [5, 5.41) is 0. The van der Waals surface area contributed by atoms with Crippen molar-refractivity contribution in [1.82, 2.24) is 0 Å². The van der Waals surface area contributed by atoms with Crippen LogP contribution < -0.4 is 4.74 Å². The van der Waals surface area contributed by atoms with Gasteiger partial charge >= 0.3 is 0 Å². The molecule has 0 heterocycles. The molecule has 0 bridgehead atoms. The third-order valence-corrected chi connectivity index (χ3v) is 7.86. The van der Waals surface area contributed by atoms with Crippen LogP contribution in [-0.4, -0.2) is 15.4 Å². The van der Waals surface area contributed by atoms with E-state index in [-0.39, 0.29) is 5.41 Å². The minimum atomic E-state index is -1.60. The summed E-state index contributed by atoms with van der Waals surface area (Å²) in [6.45, 7) is 11.7. The van der Waals surface area contributed by atoms with Gasteiger partial charge in [0.2, 0.25) is 8.32 Å². The molecular weight excluding hydrogens is 348 g/mol. The molecule has 0 N–H and O–H groups in total. The summed E-state index contributed by atoms with van der Waals surface area (Å²) in [6, 6.07) is 6.77. The zero-order chi connectivity index (χ0) is 19.4. The van der Waals surface area contributed by atoms with Crippen molar-refractivity contribution < 1.29 is 9.16 Å². The Balaban J connectivity index is 1.70. The number of allylic oxidation sites excluding steroid dienone is 3. The first kappa shape index (κ1) is 18.9. The highest BCUT2D eigenvalue weighted by atomic mass is 28.4. The fourth-order valence-electron chi connectivity index (χ4n) is 5.73. The molecule has 0 aromatic heterocycles. The van der Waals surface area contributed by atoms with E-state index in [0.29, 0.717) is 17.8 Å². The molecule has 1 aromatic rings. The molecule has 0 radical (unpaired) electrons. The molecule has 0 unspecified atom stereocenters. The number of methoxy groups -OCH3 is 1. The van der Waals surface area contributed by atoms with Crippen LogP contribution in [-0.2, 0) is 10.8 Å². The maximum atomic E-state index is 6.55. The first-order valence-corrected chi connectivity index (χ1v) is 14.0. The van der Waals surface area contributed by atoms with Gasteiger partial charge < -0.3 is 9.16 Å². The quantitative estimate of drug-likeness (QED) is 0.557. The topological polar surface area (TPSA) is 18.5 Å². The van der Waals surface area contributed by atoms with Crippen LogP contribution in [0.5, 0.6) is 5.75 Å². The van der Waals surface area contributed by atoms with Crippen LogP contribution in [0.15, 0.2) is 41.7 Å². The maximum absolute atomic E-state index is 6.55. The number of hydrogen-bond donors (Lipinski definition) is 0. The molecule has 0 amide bonds. The van der Waals surface area contributed by atoms with E-state index in [0.717, 1.165) is 5.75 Å². The highest BCUT2D eigenvalue weighted by Crippen LogP contribution is 2.61. The monoisotopic (exact) mass is 382 g/mol. The lowest BCUT2D eigenvalue weighted by Crippen LogP contribution is -2.42. The Morgan fingerprint density at radius 3 is 2.63 bits per heavy atom. The van der Waals surface area contributed by atoms with Crippen molar-refractivity contribution in [3.8, 4) is 5.75 Å².